The van der Waals surface area contributed by atoms with E-state index in [9.17, 15) is 14.4 Å². The standard InChI is InChI=1S/C18H18O5/c1-6-12-7-14-17(13(8-19)9(12)2)16(11(4)22-5)15(10(3)20)18(21)23-14/h6-8,11H,1H2,2-5H3. The lowest BCUT2D eigenvalue weighted by molar-refractivity contribution is 0.0984. The van der Waals surface area contributed by atoms with Gasteiger partial charge in [-0.25, -0.2) is 4.79 Å². The van der Waals surface area contributed by atoms with Crippen LogP contribution in [0.15, 0.2) is 21.9 Å². The molecule has 0 aliphatic rings. The third-order valence-electron chi connectivity index (χ3n) is 4.03. The van der Waals surface area contributed by atoms with Gasteiger partial charge in [-0.3, -0.25) is 9.59 Å². The van der Waals surface area contributed by atoms with Crippen LogP contribution in [-0.4, -0.2) is 19.2 Å². The predicted octanol–water partition coefficient (Wildman–Crippen LogP) is 3.47. The first kappa shape index (κ1) is 16.8. The van der Waals surface area contributed by atoms with Gasteiger partial charge in [-0.05, 0) is 38.0 Å². The number of methoxy groups -OCH3 is 1. The lowest BCUT2D eigenvalue weighted by atomic mass is 9.91. The Morgan fingerprint density at radius 2 is 2.09 bits per heavy atom. The first-order valence-corrected chi connectivity index (χ1v) is 7.13. The van der Waals surface area contributed by atoms with Crippen molar-refractivity contribution in [1.29, 1.82) is 0 Å². The zero-order valence-electron chi connectivity index (χ0n) is 13.6. The molecule has 5 nitrogen and oxygen atoms in total. The Morgan fingerprint density at radius 3 is 2.57 bits per heavy atom. The van der Waals surface area contributed by atoms with Gasteiger partial charge in [0.15, 0.2) is 12.1 Å². The first-order chi connectivity index (χ1) is 10.9. The van der Waals surface area contributed by atoms with E-state index < -0.39 is 17.5 Å². The minimum atomic E-state index is -0.736. The fraction of sp³-hybridized carbons (Fsp3) is 0.278. The van der Waals surface area contributed by atoms with Gasteiger partial charge in [-0.2, -0.15) is 0 Å². The molecule has 1 atom stereocenters. The molecular formula is C18H18O5. The number of aldehydes is 1. The van der Waals surface area contributed by atoms with Gasteiger partial charge in [0.25, 0.3) is 0 Å². The van der Waals surface area contributed by atoms with Crippen LogP contribution in [0, 0.1) is 6.92 Å². The number of ether oxygens (including phenoxy) is 1. The van der Waals surface area contributed by atoms with Gasteiger partial charge in [0.05, 0.1) is 6.10 Å². The molecule has 0 amide bonds. The Bertz CT molecular complexity index is 873. The highest BCUT2D eigenvalue weighted by Crippen LogP contribution is 2.33. The number of fused-ring (bicyclic) bond motifs is 1. The van der Waals surface area contributed by atoms with E-state index in [2.05, 4.69) is 6.58 Å². The van der Waals surface area contributed by atoms with Crippen molar-refractivity contribution < 1.29 is 18.7 Å². The second-order valence-corrected chi connectivity index (χ2v) is 5.31. The van der Waals surface area contributed by atoms with Crippen LogP contribution < -0.4 is 5.63 Å². The molecule has 1 aromatic heterocycles. The van der Waals surface area contributed by atoms with Crippen LogP contribution in [0.25, 0.3) is 17.0 Å². The summed E-state index contributed by atoms with van der Waals surface area (Å²) in [5.41, 5.74) is 1.56. The summed E-state index contributed by atoms with van der Waals surface area (Å²) in [6.07, 6.45) is 1.73. The molecule has 1 aromatic carbocycles. The summed E-state index contributed by atoms with van der Waals surface area (Å²) in [7, 11) is 1.47. The lowest BCUT2D eigenvalue weighted by Crippen LogP contribution is -2.19. The van der Waals surface area contributed by atoms with Gasteiger partial charge < -0.3 is 9.15 Å². The van der Waals surface area contributed by atoms with Crippen molar-refractivity contribution in [3.8, 4) is 0 Å². The van der Waals surface area contributed by atoms with Gasteiger partial charge in [0.1, 0.15) is 11.1 Å². The molecule has 120 valence electrons. The van der Waals surface area contributed by atoms with Gasteiger partial charge in [0, 0.05) is 23.6 Å². The van der Waals surface area contributed by atoms with Crippen molar-refractivity contribution in [3.05, 3.63) is 50.9 Å². The van der Waals surface area contributed by atoms with E-state index in [0.29, 0.717) is 33.9 Å². The van der Waals surface area contributed by atoms with E-state index in [-0.39, 0.29) is 11.1 Å². The van der Waals surface area contributed by atoms with Crippen molar-refractivity contribution in [2.45, 2.75) is 26.9 Å². The maximum absolute atomic E-state index is 12.2. The molecule has 23 heavy (non-hydrogen) atoms. The molecule has 2 aromatic rings. The van der Waals surface area contributed by atoms with E-state index >= 15 is 0 Å². The van der Waals surface area contributed by atoms with Crippen LogP contribution in [0.2, 0.25) is 0 Å². The molecule has 0 aliphatic carbocycles. The molecule has 0 radical (unpaired) electrons. The van der Waals surface area contributed by atoms with Gasteiger partial charge >= 0.3 is 5.63 Å². The average Bonchev–Trinajstić information content (AvgIpc) is 2.52. The summed E-state index contributed by atoms with van der Waals surface area (Å²) in [5, 5.41) is 0.433. The quantitative estimate of drug-likeness (QED) is 0.480. The average molecular weight is 314 g/mol. The molecule has 0 N–H and O–H groups in total. The predicted molar refractivity (Wildman–Crippen MR) is 88.1 cm³/mol. The number of carbonyl (C=O) groups is 2. The van der Waals surface area contributed by atoms with Crippen LogP contribution in [0.3, 0.4) is 0 Å². The van der Waals surface area contributed by atoms with Crippen LogP contribution in [0.4, 0.5) is 0 Å². The Kier molecular flexibility index (Phi) is 4.61. The van der Waals surface area contributed by atoms with Crippen molar-refractivity contribution in [2.24, 2.45) is 0 Å². The van der Waals surface area contributed by atoms with E-state index in [1.54, 1.807) is 26.0 Å². The molecule has 2 rings (SSSR count). The third kappa shape index (κ3) is 2.64. The highest BCUT2D eigenvalue weighted by atomic mass is 16.5. The maximum Gasteiger partial charge on any atom is 0.347 e. The summed E-state index contributed by atoms with van der Waals surface area (Å²) >= 11 is 0. The second-order valence-electron chi connectivity index (χ2n) is 5.31. The summed E-state index contributed by atoms with van der Waals surface area (Å²) < 4.78 is 10.6. The number of hydrogen-bond acceptors (Lipinski definition) is 5. The minimum Gasteiger partial charge on any atom is -0.422 e. The van der Waals surface area contributed by atoms with E-state index in [1.165, 1.54) is 14.0 Å². The monoisotopic (exact) mass is 314 g/mol. The minimum absolute atomic E-state index is 0.0827. The topological polar surface area (TPSA) is 73.6 Å². The second kappa shape index (κ2) is 6.30. The number of carbonyl (C=O) groups excluding carboxylic acids is 2. The van der Waals surface area contributed by atoms with Crippen molar-refractivity contribution in [1.82, 2.24) is 0 Å². The number of Topliss-reactive ketones (excluding diaryl/α,β-unsaturated/α-hetero) is 1. The lowest BCUT2D eigenvalue weighted by Gasteiger charge is -2.18. The van der Waals surface area contributed by atoms with Gasteiger partial charge in [-0.1, -0.05) is 12.7 Å². The Balaban J connectivity index is 3.17. The first-order valence-electron chi connectivity index (χ1n) is 7.13. The molecule has 0 saturated carbocycles. The number of ketones is 1. The maximum atomic E-state index is 12.2. The highest BCUT2D eigenvalue weighted by Gasteiger charge is 2.25. The zero-order chi connectivity index (χ0) is 17.3. The molecule has 0 saturated heterocycles. The SMILES string of the molecule is C=Cc1cc2oc(=O)c(C(C)=O)c(C(C)OC)c2c(C=O)c1C. The van der Waals surface area contributed by atoms with E-state index in [1.807, 2.05) is 0 Å². The molecule has 1 unspecified atom stereocenters. The molecular weight excluding hydrogens is 296 g/mol. The zero-order valence-corrected chi connectivity index (χ0v) is 13.6. The van der Waals surface area contributed by atoms with Gasteiger partial charge in [-0.15, -0.1) is 0 Å². The molecule has 5 heteroatoms. The molecule has 0 fully saturated rings. The Morgan fingerprint density at radius 1 is 1.43 bits per heavy atom. The summed E-state index contributed by atoms with van der Waals surface area (Å²) in [6, 6.07) is 1.64. The number of rotatable bonds is 5. The van der Waals surface area contributed by atoms with Crippen molar-refractivity contribution in [2.75, 3.05) is 7.11 Å². The number of hydrogen-bond donors (Lipinski definition) is 0. The van der Waals surface area contributed by atoms with E-state index in [0.717, 1.165) is 0 Å². The van der Waals surface area contributed by atoms with Crippen LogP contribution >= 0.6 is 0 Å². The fourth-order valence-electron chi connectivity index (χ4n) is 2.76. The normalized spacial score (nSPS) is 12.2. The largest absolute Gasteiger partial charge is 0.422 e. The van der Waals surface area contributed by atoms with Crippen molar-refractivity contribution in [3.63, 3.8) is 0 Å². The van der Waals surface area contributed by atoms with E-state index in [4.69, 9.17) is 9.15 Å². The Hall–Kier alpha value is -2.53. The highest BCUT2D eigenvalue weighted by molar-refractivity contribution is 6.06. The number of benzene rings is 1. The molecule has 1 heterocycles. The Labute approximate surface area is 133 Å². The summed E-state index contributed by atoms with van der Waals surface area (Å²) in [4.78, 5) is 35.8. The summed E-state index contributed by atoms with van der Waals surface area (Å²) in [5.74, 6) is -0.429. The van der Waals surface area contributed by atoms with Crippen LogP contribution in [0.5, 0.6) is 0 Å². The molecule has 0 bridgehead atoms. The molecule has 0 aliphatic heterocycles. The van der Waals surface area contributed by atoms with Crippen LogP contribution in [0.1, 0.15) is 57.4 Å². The van der Waals surface area contributed by atoms with Crippen LogP contribution in [-0.2, 0) is 4.74 Å². The smallest absolute Gasteiger partial charge is 0.347 e. The fourth-order valence-corrected chi connectivity index (χ4v) is 2.76. The van der Waals surface area contributed by atoms with Crippen molar-refractivity contribution >= 4 is 29.1 Å². The third-order valence-corrected chi connectivity index (χ3v) is 4.03. The summed E-state index contributed by atoms with van der Waals surface area (Å²) in [6.45, 7) is 8.48. The van der Waals surface area contributed by atoms with Gasteiger partial charge in [0.2, 0.25) is 0 Å². The molecule has 0 spiro atoms.